The number of nitrogens with zero attached hydrogens (tertiary/aromatic N) is 1. The smallest absolute Gasteiger partial charge is 0.133 e. The molecule has 0 spiro atoms. The number of para-hydroxylation sites is 1. The zero-order valence-electron chi connectivity index (χ0n) is 8.52. The fraction of sp³-hybridized carbons (Fsp3) is 0.0833. The predicted molar refractivity (Wildman–Crippen MR) is 64.2 cm³/mol. The molecule has 1 heterocycles. The largest absolute Gasteiger partial charge is 0.507 e. The number of halogens is 1. The van der Waals surface area contributed by atoms with Gasteiger partial charge in [-0.15, -0.1) is 0 Å². The number of aromatic hydroxyl groups is 1. The van der Waals surface area contributed by atoms with Crippen LogP contribution in [-0.2, 0) is 6.54 Å². The van der Waals surface area contributed by atoms with Crippen molar-refractivity contribution in [2.75, 3.05) is 0 Å². The van der Waals surface area contributed by atoms with Crippen molar-refractivity contribution in [2.45, 2.75) is 6.54 Å². The van der Waals surface area contributed by atoms with E-state index in [2.05, 4.69) is 4.98 Å². The Hall–Kier alpha value is -1.58. The van der Waals surface area contributed by atoms with E-state index in [4.69, 9.17) is 17.3 Å². The van der Waals surface area contributed by atoms with Crippen molar-refractivity contribution in [2.24, 2.45) is 5.73 Å². The summed E-state index contributed by atoms with van der Waals surface area (Å²) in [6.07, 6.45) is 1.62. The molecule has 0 saturated heterocycles. The van der Waals surface area contributed by atoms with Gasteiger partial charge in [-0.1, -0.05) is 29.8 Å². The fourth-order valence-corrected chi connectivity index (χ4v) is 1.68. The first-order valence-electron chi connectivity index (χ1n) is 4.85. The van der Waals surface area contributed by atoms with Gasteiger partial charge in [-0.05, 0) is 12.1 Å². The Labute approximate surface area is 98.5 Å². The lowest BCUT2D eigenvalue weighted by Gasteiger charge is -2.06. The second kappa shape index (κ2) is 4.51. The summed E-state index contributed by atoms with van der Waals surface area (Å²) in [5, 5.41) is 10.1. The standard InChI is InChI=1S/C12H11ClN2O/c13-12-8(6-14)5-9(7-15-12)10-3-1-2-4-11(10)16/h1-5,7,16H,6,14H2. The van der Waals surface area contributed by atoms with E-state index in [1.807, 2.05) is 18.2 Å². The number of aromatic nitrogens is 1. The number of phenolic OH excluding ortho intramolecular Hbond substituents is 1. The number of hydrogen-bond acceptors (Lipinski definition) is 3. The third kappa shape index (κ3) is 2.01. The van der Waals surface area contributed by atoms with E-state index in [-0.39, 0.29) is 5.75 Å². The maximum atomic E-state index is 9.70. The Morgan fingerprint density at radius 3 is 2.75 bits per heavy atom. The molecule has 0 amide bonds. The summed E-state index contributed by atoms with van der Waals surface area (Å²) >= 11 is 5.87. The average Bonchev–Trinajstić information content (AvgIpc) is 2.31. The molecule has 0 aliphatic rings. The highest BCUT2D eigenvalue weighted by atomic mass is 35.5. The molecule has 1 aromatic carbocycles. The topological polar surface area (TPSA) is 59.1 Å². The van der Waals surface area contributed by atoms with Crippen molar-refractivity contribution in [1.82, 2.24) is 4.98 Å². The summed E-state index contributed by atoms with van der Waals surface area (Å²) in [5.74, 6) is 0.217. The normalized spacial score (nSPS) is 10.4. The zero-order valence-corrected chi connectivity index (χ0v) is 9.28. The molecule has 0 radical (unpaired) electrons. The highest BCUT2D eigenvalue weighted by Gasteiger charge is 2.06. The van der Waals surface area contributed by atoms with Crippen LogP contribution in [-0.4, -0.2) is 10.1 Å². The molecule has 2 aromatic rings. The van der Waals surface area contributed by atoms with Crippen molar-refractivity contribution in [1.29, 1.82) is 0 Å². The third-order valence-electron chi connectivity index (χ3n) is 2.35. The Balaban J connectivity index is 2.53. The van der Waals surface area contributed by atoms with Crippen LogP contribution < -0.4 is 5.73 Å². The second-order valence-corrected chi connectivity index (χ2v) is 3.75. The molecule has 16 heavy (non-hydrogen) atoms. The molecule has 0 aliphatic heterocycles. The van der Waals surface area contributed by atoms with Crippen molar-refractivity contribution in [3.05, 3.63) is 47.2 Å². The van der Waals surface area contributed by atoms with Crippen LogP contribution in [0.4, 0.5) is 0 Å². The van der Waals surface area contributed by atoms with Gasteiger partial charge in [0, 0.05) is 29.4 Å². The number of nitrogens with two attached hydrogens (primary N) is 1. The number of phenols is 1. The van der Waals surface area contributed by atoms with E-state index in [1.165, 1.54) is 0 Å². The van der Waals surface area contributed by atoms with Gasteiger partial charge in [0.25, 0.3) is 0 Å². The van der Waals surface area contributed by atoms with E-state index >= 15 is 0 Å². The number of benzene rings is 1. The molecular formula is C12H11ClN2O. The quantitative estimate of drug-likeness (QED) is 0.786. The van der Waals surface area contributed by atoms with E-state index in [0.717, 1.165) is 16.7 Å². The first kappa shape index (κ1) is 10.9. The molecule has 3 nitrogen and oxygen atoms in total. The van der Waals surface area contributed by atoms with Gasteiger partial charge in [0.2, 0.25) is 0 Å². The van der Waals surface area contributed by atoms with Gasteiger partial charge >= 0.3 is 0 Å². The highest BCUT2D eigenvalue weighted by molar-refractivity contribution is 6.30. The SMILES string of the molecule is NCc1cc(-c2ccccc2O)cnc1Cl. The Kier molecular flexibility index (Phi) is 3.08. The van der Waals surface area contributed by atoms with Crippen molar-refractivity contribution in [3.63, 3.8) is 0 Å². The van der Waals surface area contributed by atoms with Crippen molar-refractivity contribution >= 4 is 11.6 Å². The molecule has 2 rings (SSSR count). The third-order valence-corrected chi connectivity index (χ3v) is 2.69. The lowest BCUT2D eigenvalue weighted by molar-refractivity contribution is 0.477. The molecule has 0 fully saturated rings. The minimum Gasteiger partial charge on any atom is -0.507 e. The number of hydrogen-bond donors (Lipinski definition) is 2. The van der Waals surface area contributed by atoms with Crippen LogP contribution >= 0.6 is 11.6 Å². The Bertz CT molecular complexity index is 514. The first-order chi connectivity index (χ1) is 7.72. The maximum absolute atomic E-state index is 9.70. The molecule has 0 bridgehead atoms. The fourth-order valence-electron chi connectivity index (χ4n) is 1.50. The molecule has 82 valence electrons. The van der Waals surface area contributed by atoms with Gasteiger partial charge in [0.1, 0.15) is 10.9 Å². The van der Waals surface area contributed by atoms with Crippen LogP contribution in [0.15, 0.2) is 36.5 Å². The van der Waals surface area contributed by atoms with Gasteiger partial charge in [-0.25, -0.2) is 4.98 Å². The summed E-state index contributed by atoms with van der Waals surface area (Å²) in [5.41, 5.74) is 7.85. The van der Waals surface area contributed by atoms with Crippen LogP contribution in [0.1, 0.15) is 5.56 Å². The molecule has 4 heteroatoms. The van der Waals surface area contributed by atoms with E-state index in [1.54, 1.807) is 18.3 Å². The lowest BCUT2D eigenvalue weighted by atomic mass is 10.1. The van der Waals surface area contributed by atoms with E-state index in [0.29, 0.717) is 11.7 Å². The molecule has 3 N–H and O–H groups in total. The van der Waals surface area contributed by atoms with Crippen LogP contribution in [0.3, 0.4) is 0 Å². The summed E-state index contributed by atoms with van der Waals surface area (Å²) < 4.78 is 0. The second-order valence-electron chi connectivity index (χ2n) is 3.40. The van der Waals surface area contributed by atoms with Gasteiger partial charge in [0.05, 0.1) is 0 Å². The van der Waals surface area contributed by atoms with Crippen LogP contribution in [0, 0.1) is 0 Å². The van der Waals surface area contributed by atoms with Gasteiger partial charge < -0.3 is 10.8 Å². The molecule has 0 aliphatic carbocycles. The monoisotopic (exact) mass is 234 g/mol. The van der Waals surface area contributed by atoms with Crippen molar-refractivity contribution < 1.29 is 5.11 Å². The molecule has 0 saturated carbocycles. The van der Waals surface area contributed by atoms with E-state index < -0.39 is 0 Å². The zero-order chi connectivity index (χ0) is 11.5. The first-order valence-corrected chi connectivity index (χ1v) is 5.23. The molecule has 1 aromatic heterocycles. The Morgan fingerprint density at radius 2 is 2.06 bits per heavy atom. The van der Waals surface area contributed by atoms with Gasteiger partial charge in [-0.2, -0.15) is 0 Å². The number of rotatable bonds is 2. The van der Waals surface area contributed by atoms with E-state index in [9.17, 15) is 5.11 Å². The van der Waals surface area contributed by atoms with Crippen LogP contribution in [0.25, 0.3) is 11.1 Å². The predicted octanol–water partition coefficient (Wildman–Crippen LogP) is 2.57. The summed E-state index contributed by atoms with van der Waals surface area (Å²) in [6, 6.07) is 8.91. The Morgan fingerprint density at radius 1 is 1.31 bits per heavy atom. The minimum atomic E-state index is 0.217. The summed E-state index contributed by atoms with van der Waals surface area (Å²) in [7, 11) is 0. The van der Waals surface area contributed by atoms with Gasteiger partial charge in [0.15, 0.2) is 0 Å². The van der Waals surface area contributed by atoms with Crippen LogP contribution in [0.2, 0.25) is 5.15 Å². The summed E-state index contributed by atoms with van der Waals surface area (Å²) in [6.45, 7) is 0.327. The molecule has 0 unspecified atom stereocenters. The van der Waals surface area contributed by atoms with Crippen LogP contribution in [0.5, 0.6) is 5.75 Å². The summed E-state index contributed by atoms with van der Waals surface area (Å²) in [4.78, 5) is 4.04. The minimum absolute atomic E-state index is 0.217. The van der Waals surface area contributed by atoms with Gasteiger partial charge in [-0.3, -0.25) is 0 Å². The van der Waals surface area contributed by atoms with Crippen molar-refractivity contribution in [3.8, 4) is 16.9 Å². The molecule has 0 atom stereocenters. The number of pyridine rings is 1. The lowest BCUT2D eigenvalue weighted by Crippen LogP contribution is -1.99. The average molecular weight is 235 g/mol. The molecular weight excluding hydrogens is 224 g/mol. The maximum Gasteiger partial charge on any atom is 0.133 e. The highest BCUT2D eigenvalue weighted by Crippen LogP contribution is 2.29.